The zero-order valence-electron chi connectivity index (χ0n) is 52.6. The van der Waals surface area contributed by atoms with Crippen molar-refractivity contribution in [2.24, 2.45) is 11.5 Å². The molecule has 12 atom stereocenters. The number of nitrogens with one attached hydrogen (secondary N) is 10. The lowest BCUT2D eigenvalue weighted by atomic mass is 10.00. The van der Waals surface area contributed by atoms with Crippen LogP contribution in [0.3, 0.4) is 0 Å². The van der Waals surface area contributed by atoms with Crippen LogP contribution in [0.15, 0.2) is 72.1 Å². The normalized spacial score (nSPS) is 19.3. The van der Waals surface area contributed by atoms with Gasteiger partial charge in [0.2, 0.25) is 65.0 Å². The van der Waals surface area contributed by atoms with Crippen molar-refractivity contribution >= 4 is 123 Å². The summed E-state index contributed by atoms with van der Waals surface area (Å²) in [6, 6.07) is 8.63. The first-order chi connectivity index (χ1) is 44.6. The van der Waals surface area contributed by atoms with Gasteiger partial charge in [0.1, 0.15) is 48.3 Å². The second-order valence-corrected chi connectivity index (χ2v) is 27.2. The number of hydrogen-bond donors (Lipinski definition) is 14. The predicted molar refractivity (Wildman–Crippen MR) is 349 cm³/mol. The zero-order chi connectivity index (χ0) is 68.4. The Bertz CT molecular complexity index is 3500. The average Bonchev–Trinajstić information content (AvgIpc) is 1.57. The molecular formula is C62H84N13O16PS2. The summed E-state index contributed by atoms with van der Waals surface area (Å²) in [6.45, 7) is 5.21. The van der Waals surface area contributed by atoms with E-state index in [1.165, 1.54) is 32.1 Å². The molecule has 0 aliphatic carbocycles. The molecule has 3 saturated heterocycles. The molecule has 0 radical (unpaired) electrons. The number of nitrogens with zero attached hydrogens (tertiary/aromatic N) is 1. The van der Waals surface area contributed by atoms with Crippen LogP contribution < -0.4 is 64.6 Å². The first-order valence-electron chi connectivity index (χ1n) is 31.2. The maximum absolute atomic E-state index is 14.9. The van der Waals surface area contributed by atoms with Crippen molar-refractivity contribution in [3.8, 4) is 0 Å². The van der Waals surface area contributed by atoms with Gasteiger partial charge in [-0.25, -0.2) is 9.36 Å². The number of phosphoric ester groups is 1. The van der Waals surface area contributed by atoms with Crippen LogP contribution in [0.2, 0.25) is 0 Å². The van der Waals surface area contributed by atoms with Gasteiger partial charge < -0.3 is 79.3 Å². The standard InChI is InChI=1S/C62H84N13O16PS2/c1-33(67-57(82)43(68-36(4)76)17-11-12-26-65-51(78)21-10-9-20-49-53-46(32-94-49)72-62(87)74-53)55(80)66-34(2)56(81)70-45(30-40-31-93-48-19-8-7-16-41(40)48)59(84)73-52(35(3)91-92(88,89)90)61(86)75-27-13-18-47(75)60(85)71-44(58(83)69-42(54(64)79)24-25-50(63)77)29-37-22-23-38-14-5-6-15-39(38)28-37/h5-8,14-16,19,22-23,28,31,33-35,42-47,49,52-53H,9-13,17-18,20-21,24-27,29-30,32H2,1-4H3,(H2,63,77)(H2,64,79)(H,65,78)(H,66,80)(H,67,82)(H,68,76)(H,69,83)(H,70,81)(H,71,85)(H,73,84)(H2,72,74,87)(H2,88,89,90)/t33-,34-,35-,42-,43-,44-,45-,46-,47-,49-,52-,53-/m0/s1. The molecule has 13 amide bonds. The minimum Gasteiger partial charge on any atom is -0.370 e. The Hall–Kier alpha value is -8.22. The van der Waals surface area contributed by atoms with Gasteiger partial charge in [-0.15, -0.1) is 11.3 Å². The van der Waals surface area contributed by atoms with Crippen LogP contribution >= 0.6 is 30.9 Å². The lowest BCUT2D eigenvalue weighted by molar-refractivity contribution is -0.144. The van der Waals surface area contributed by atoms with Crippen LogP contribution in [0.25, 0.3) is 20.9 Å². The summed E-state index contributed by atoms with van der Waals surface area (Å²) in [5.41, 5.74) is 12.0. The average molecular weight is 1360 g/mol. The van der Waals surface area contributed by atoms with Crippen LogP contribution in [0.1, 0.15) is 109 Å². The molecule has 94 heavy (non-hydrogen) atoms. The van der Waals surface area contributed by atoms with E-state index >= 15 is 0 Å². The van der Waals surface area contributed by atoms with Crippen molar-refractivity contribution in [1.82, 2.24) is 58.1 Å². The van der Waals surface area contributed by atoms with E-state index in [4.69, 9.17) is 16.0 Å². The minimum absolute atomic E-state index is 0.0128. The third-order valence-corrected chi connectivity index (χ3v) is 19.7. The number of nitrogens with two attached hydrogens (primary N) is 2. The summed E-state index contributed by atoms with van der Waals surface area (Å²) in [6.07, 6.45) is 1.27. The van der Waals surface area contributed by atoms with Gasteiger partial charge in [-0.1, -0.05) is 67.1 Å². The molecule has 3 aliphatic heterocycles. The summed E-state index contributed by atoms with van der Waals surface area (Å²) >= 11 is 3.16. The van der Waals surface area contributed by atoms with Crippen molar-refractivity contribution in [1.29, 1.82) is 0 Å². The van der Waals surface area contributed by atoms with Crippen molar-refractivity contribution in [3.05, 3.63) is 83.2 Å². The van der Waals surface area contributed by atoms with E-state index in [9.17, 15) is 71.9 Å². The Balaban J connectivity index is 0.991. The lowest BCUT2D eigenvalue weighted by Gasteiger charge is -2.33. The quantitative estimate of drug-likeness (QED) is 0.0170. The molecule has 16 N–H and O–H groups in total. The highest BCUT2D eigenvalue weighted by Gasteiger charge is 2.45. The number of thioether (sulfide) groups is 1. The predicted octanol–water partition coefficient (Wildman–Crippen LogP) is 0.545. The smallest absolute Gasteiger partial charge is 0.370 e. The number of benzene rings is 3. The van der Waals surface area contributed by atoms with E-state index in [0.29, 0.717) is 54.0 Å². The van der Waals surface area contributed by atoms with E-state index < -0.39 is 121 Å². The number of thiophene rings is 1. The van der Waals surface area contributed by atoms with E-state index in [1.807, 2.05) is 48.2 Å². The fourth-order valence-corrected chi connectivity index (χ4v) is 14.7. The largest absolute Gasteiger partial charge is 0.469 e. The molecule has 1 aromatic heterocycles. The Morgan fingerprint density at radius 3 is 2.09 bits per heavy atom. The fourth-order valence-electron chi connectivity index (χ4n) is 11.6. The van der Waals surface area contributed by atoms with Crippen molar-refractivity contribution in [2.75, 3.05) is 18.8 Å². The molecule has 3 aliphatic rings. The number of fused-ring (bicyclic) bond motifs is 3. The van der Waals surface area contributed by atoms with Gasteiger partial charge in [-0.3, -0.25) is 57.3 Å². The summed E-state index contributed by atoms with van der Waals surface area (Å²) in [4.78, 5) is 181. The maximum Gasteiger partial charge on any atom is 0.469 e. The Kier molecular flexibility index (Phi) is 26.7. The second-order valence-electron chi connectivity index (χ2n) is 23.8. The number of carbonyl (C=O) groups is 12. The number of primary amides is 2. The number of amides is 13. The molecular weight excluding hydrogens is 1280 g/mol. The van der Waals surface area contributed by atoms with Crippen LogP contribution in [0.5, 0.6) is 0 Å². The number of rotatable bonds is 35. The molecule has 510 valence electrons. The molecule has 0 bridgehead atoms. The van der Waals surface area contributed by atoms with Gasteiger partial charge in [0.05, 0.1) is 18.2 Å². The second kappa shape index (κ2) is 34.3. The third kappa shape index (κ3) is 21.4. The number of urea groups is 1. The van der Waals surface area contributed by atoms with Gasteiger partial charge in [-0.05, 0) is 111 Å². The molecule has 3 aromatic carbocycles. The molecule has 0 unspecified atom stereocenters. The van der Waals surface area contributed by atoms with Gasteiger partial charge in [-0.2, -0.15) is 11.8 Å². The highest BCUT2D eigenvalue weighted by Crippen LogP contribution is 2.39. The topological polar surface area (TPSA) is 447 Å². The Labute approximate surface area is 551 Å². The lowest BCUT2D eigenvalue weighted by Crippen LogP contribution is -2.62. The Morgan fingerprint density at radius 2 is 1.37 bits per heavy atom. The zero-order valence-corrected chi connectivity index (χ0v) is 55.2. The summed E-state index contributed by atoms with van der Waals surface area (Å²) in [7, 11) is -5.41. The van der Waals surface area contributed by atoms with Crippen molar-refractivity contribution in [2.45, 2.75) is 183 Å². The number of hydrogen-bond acceptors (Lipinski definition) is 16. The van der Waals surface area contributed by atoms with Crippen LogP contribution in [-0.2, 0) is 74.7 Å². The summed E-state index contributed by atoms with van der Waals surface area (Å²) in [5.74, 6) is -7.76. The molecule has 3 fully saturated rings. The molecule has 0 spiro atoms. The number of likely N-dealkylation sites (tertiary alicyclic amines) is 1. The highest BCUT2D eigenvalue weighted by atomic mass is 32.2. The number of unbranched alkanes of at least 4 members (excludes halogenated alkanes) is 2. The summed E-state index contributed by atoms with van der Waals surface area (Å²) in [5, 5.41) is 31.2. The van der Waals surface area contributed by atoms with Gasteiger partial charge in [0, 0.05) is 61.4 Å². The Morgan fingerprint density at radius 1 is 0.713 bits per heavy atom. The van der Waals surface area contributed by atoms with Crippen LogP contribution in [0.4, 0.5) is 4.79 Å². The molecule has 29 nitrogen and oxygen atoms in total. The van der Waals surface area contributed by atoms with Gasteiger partial charge in [0.25, 0.3) is 0 Å². The highest BCUT2D eigenvalue weighted by molar-refractivity contribution is 8.00. The SMILES string of the molecule is CC(=O)N[C@@H](CCCCNC(=O)CCCC[C@@H]1SC[C@@H]2NC(=O)N[C@@H]21)C(=O)N[C@@H](C)C(=O)N[C@@H](C)C(=O)N[C@@H](Cc1csc2ccccc12)C(=O)N[C@H](C(=O)N1CCC[C@H]1C(=O)N[C@@H](Cc1ccc2ccccc2c1)C(=O)N[C@@H](CCC(N)=O)C(N)=O)[C@H](C)OP(=O)(O)O. The van der Waals surface area contributed by atoms with E-state index in [2.05, 4.69) is 53.2 Å². The monoisotopic (exact) mass is 1360 g/mol. The molecule has 0 saturated carbocycles. The molecule has 4 aromatic rings. The van der Waals surface area contributed by atoms with Crippen molar-refractivity contribution < 1.29 is 76.4 Å². The maximum atomic E-state index is 14.9. The summed E-state index contributed by atoms with van der Waals surface area (Å²) < 4.78 is 18.2. The van der Waals surface area contributed by atoms with E-state index in [-0.39, 0.29) is 75.5 Å². The van der Waals surface area contributed by atoms with E-state index in [0.717, 1.165) is 45.9 Å². The van der Waals surface area contributed by atoms with Crippen LogP contribution in [-0.4, -0.2) is 176 Å². The molecule has 4 heterocycles. The minimum atomic E-state index is -5.41. The first-order valence-corrected chi connectivity index (χ1v) is 34.7. The van der Waals surface area contributed by atoms with E-state index in [1.54, 1.807) is 35.7 Å². The van der Waals surface area contributed by atoms with Crippen LogP contribution in [0, 0.1) is 0 Å². The number of phosphoric acid groups is 1. The van der Waals surface area contributed by atoms with Gasteiger partial charge in [0.15, 0.2) is 0 Å². The fraction of sp³-hybridized carbons (Fsp3) is 0.516. The number of carbonyl (C=O) groups excluding carboxylic acids is 12. The first kappa shape index (κ1) is 73.2. The molecule has 32 heteroatoms. The third-order valence-electron chi connectivity index (χ3n) is 16.5. The molecule has 7 rings (SSSR count). The van der Waals surface area contributed by atoms with Gasteiger partial charge >= 0.3 is 13.9 Å². The van der Waals surface area contributed by atoms with Crippen molar-refractivity contribution in [3.63, 3.8) is 0 Å².